The lowest BCUT2D eigenvalue weighted by molar-refractivity contribution is 0.0447. The van der Waals surface area contributed by atoms with E-state index in [0.717, 1.165) is 29.7 Å². The van der Waals surface area contributed by atoms with Gasteiger partial charge in [0.25, 0.3) is 0 Å². The number of nitrogens with zero attached hydrogens (tertiary/aromatic N) is 1. The molecular weight excluding hydrogens is 354 g/mol. The summed E-state index contributed by atoms with van der Waals surface area (Å²) < 4.78 is 13.3. The number of likely N-dealkylation sites (tertiary alicyclic amines) is 1. The molecule has 2 aromatic carbocycles. The molecule has 0 saturated carbocycles. The van der Waals surface area contributed by atoms with E-state index in [0.29, 0.717) is 6.61 Å². The molecule has 0 aromatic heterocycles. The molecule has 0 spiro atoms. The minimum atomic E-state index is 0.0947. The van der Waals surface area contributed by atoms with E-state index in [1.54, 1.807) is 0 Å². The van der Waals surface area contributed by atoms with E-state index in [1.807, 2.05) is 42.5 Å². The van der Waals surface area contributed by atoms with Crippen molar-refractivity contribution in [2.45, 2.75) is 32.3 Å². The molecule has 2 unspecified atom stereocenters. The maximum atomic E-state index is 6.12. The van der Waals surface area contributed by atoms with Crippen LogP contribution in [-0.4, -0.2) is 30.3 Å². The van der Waals surface area contributed by atoms with Gasteiger partial charge in [-0.3, -0.25) is 4.90 Å². The van der Waals surface area contributed by atoms with Gasteiger partial charge in [0.15, 0.2) is 6.23 Å². The van der Waals surface area contributed by atoms with E-state index in [1.165, 1.54) is 5.56 Å². The molecule has 0 amide bonds. The first-order chi connectivity index (χ1) is 11.2. The SMILES string of the molecule is CCN1CC(OCc2ccc(Br)cc2)CC1Oc1ccccc1. The standard InChI is InChI=1S/C19H22BrNO2/c1-2-21-13-18(22-14-15-8-10-16(20)11-9-15)12-19(21)23-17-6-4-3-5-7-17/h3-11,18-19H,2,12-14H2,1H3. The van der Waals surface area contributed by atoms with Gasteiger partial charge in [0.1, 0.15) is 5.75 Å². The predicted octanol–water partition coefficient (Wildman–Crippen LogP) is 4.47. The van der Waals surface area contributed by atoms with Gasteiger partial charge in [-0.05, 0) is 36.4 Å². The molecule has 1 heterocycles. The molecule has 2 atom stereocenters. The Morgan fingerprint density at radius 1 is 1.09 bits per heavy atom. The fourth-order valence-electron chi connectivity index (χ4n) is 2.85. The van der Waals surface area contributed by atoms with Crippen molar-refractivity contribution in [1.29, 1.82) is 0 Å². The first-order valence-corrected chi connectivity index (χ1v) is 8.85. The van der Waals surface area contributed by atoms with Crippen molar-refractivity contribution in [2.24, 2.45) is 0 Å². The second-order valence-electron chi connectivity index (χ2n) is 5.77. The number of rotatable bonds is 6. The summed E-state index contributed by atoms with van der Waals surface area (Å²) in [4.78, 5) is 2.33. The number of para-hydroxylation sites is 1. The summed E-state index contributed by atoms with van der Waals surface area (Å²) in [5, 5.41) is 0. The molecule has 2 aromatic rings. The molecule has 23 heavy (non-hydrogen) atoms. The van der Waals surface area contributed by atoms with Crippen LogP contribution < -0.4 is 4.74 Å². The van der Waals surface area contributed by atoms with Crippen LogP contribution in [0.2, 0.25) is 0 Å². The highest BCUT2D eigenvalue weighted by Crippen LogP contribution is 2.24. The van der Waals surface area contributed by atoms with Crippen LogP contribution in [0.15, 0.2) is 59.1 Å². The zero-order chi connectivity index (χ0) is 16.1. The van der Waals surface area contributed by atoms with E-state index in [2.05, 4.69) is 39.9 Å². The van der Waals surface area contributed by atoms with Crippen molar-refractivity contribution in [1.82, 2.24) is 4.90 Å². The average molecular weight is 376 g/mol. The van der Waals surface area contributed by atoms with Crippen molar-refractivity contribution in [2.75, 3.05) is 13.1 Å². The van der Waals surface area contributed by atoms with Gasteiger partial charge in [-0.2, -0.15) is 0 Å². The average Bonchev–Trinajstić information content (AvgIpc) is 2.97. The van der Waals surface area contributed by atoms with Crippen molar-refractivity contribution in [3.05, 3.63) is 64.6 Å². The second kappa shape index (κ2) is 7.95. The molecule has 1 saturated heterocycles. The minimum absolute atomic E-state index is 0.0947. The zero-order valence-electron chi connectivity index (χ0n) is 13.3. The smallest absolute Gasteiger partial charge is 0.155 e. The summed E-state index contributed by atoms with van der Waals surface area (Å²) in [7, 11) is 0. The van der Waals surface area contributed by atoms with Crippen LogP contribution >= 0.6 is 15.9 Å². The summed E-state index contributed by atoms with van der Waals surface area (Å²) in [5.41, 5.74) is 1.20. The molecule has 3 rings (SSSR count). The normalized spacial score (nSPS) is 21.5. The lowest BCUT2D eigenvalue weighted by Gasteiger charge is -2.23. The summed E-state index contributed by atoms with van der Waals surface area (Å²) in [6, 6.07) is 18.3. The highest BCUT2D eigenvalue weighted by molar-refractivity contribution is 9.10. The highest BCUT2D eigenvalue weighted by Gasteiger charge is 2.33. The third-order valence-electron chi connectivity index (χ3n) is 4.13. The number of halogens is 1. The molecule has 0 N–H and O–H groups in total. The minimum Gasteiger partial charge on any atom is -0.475 e. The zero-order valence-corrected chi connectivity index (χ0v) is 14.9. The van der Waals surface area contributed by atoms with Gasteiger partial charge in [-0.15, -0.1) is 0 Å². The summed E-state index contributed by atoms with van der Waals surface area (Å²) in [6.07, 6.45) is 1.21. The molecule has 122 valence electrons. The van der Waals surface area contributed by atoms with Gasteiger partial charge in [-0.25, -0.2) is 0 Å². The number of benzene rings is 2. The van der Waals surface area contributed by atoms with Gasteiger partial charge >= 0.3 is 0 Å². The summed E-state index contributed by atoms with van der Waals surface area (Å²) in [5.74, 6) is 0.921. The van der Waals surface area contributed by atoms with Crippen molar-refractivity contribution < 1.29 is 9.47 Å². The van der Waals surface area contributed by atoms with E-state index < -0.39 is 0 Å². The maximum Gasteiger partial charge on any atom is 0.155 e. The van der Waals surface area contributed by atoms with E-state index >= 15 is 0 Å². The van der Waals surface area contributed by atoms with Crippen LogP contribution in [-0.2, 0) is 11.3 Å². The molecule has 1 aliphatic heterocycles. The van der Waals surface area contributed by atoms with Crippen LogP contribution in [0.4, 0.5) is 0 Å². The molecule has 3 nitrogen and oxygen atoms in total. The Balaban J connectivity index is 1.54. The van der Waals surface area contributed by atoms with Gasteiger partial charge in [0.2, 0.25) is 0 Å². The Morgan fingerprint density at radius 2 is 1.83 bits per heavy atom. The number of ether oxygens (including phenoxy) is 2. The molecule has 0 bridgehead atoms. The molecule has 0 radical (unpaired) electrons. The number of hydrogen-bond donors (Lipinski definition) is 0. The number of likely N-dealkylation sites (N-methyl/N-ethyl adjacent to an activating group) is 1. The molecule has 4 heteroatoms. The fraction of sp³-hybridized carbons (Fsp3) is 0.368. The predicted molar refractivity (Wildman–Crippen MR) is 95.4 cm³/mol. The Kier molecular flexibility index (Phi) is 5.70. The van der Waals surface area contributed by atoms with Crippen LogP contribution in [0.5, 0.6) is 5.75 Å². The third-order valence-corrected chi connectivity index (χ3v) is 4.66. The van der Waals surface area contributed by atoms with Crippen molar-refractivity contribution >= 4 is 15.9 Å². The Bertz CT molecular complexity index is 603. The Hall–Kier alpha value is -1.36. The first-order valence-electron chi connectivity index (χ1n) is 8.06. The Labute approximate surface area is 146 Å². The summed E-state index contributed by atoms with van der Waals surface area (Å²) >= 11 is 3.46. The fourth-order valence-corrected chi connectivity index (χ4v) is 3.12. The van der Waals surface area contributed by atoms with Crippen molar-refractivity contribution in [3.8, 4) is 5.75 Å². The van der Waals surface area contributed by atoms with E-state index in [-0.39, 0.29) is 12.3 Å². The lowest BCUT2D eigenvalue weighted by atomic mass is 10.2. The second-order valence-corrected chi connectivity index (χ2v) is 6.68. The van der Waals surface area contributed by atoms with E-state index in [4.69, 9.17) is 9.47 Å². The van der Waals surface area contributed by atoms with Crippen LogP contribution in [0.1, 0.15) is 18.9 Å². The van der Waals surface area contributed by atoms with Crippen LogP contribution in [0.25, 0.3) is 0 Å². The van der Waals surface area contributed by atoms with Crippen LogP contribution in [0, 0.1) is 0 Å². The maximum absolute atomic E-state index is 6.12. The molecule has 0 aliphatic carbocycles. The van der Waals surface area contributed by atoms with E-state index in [9.17, 15) is 0 Å². The monoisotopic (exact) mass is 375 g/mol. The highest BCUT2D eigenvalue weighted by atomic mass is 79.9. The Morgan fingerprint density at radius 3 is 2.52 bits per heavy atom. The lowest BCUT2D eigenvalue weighted by Crippen LogP contribution is -2.33. The topological polar surface area (TPSA) is 21.7 Å². The number of hydrogen-bond acceptors (Lipinski definition) is 3. The third kappa shape index (κ3) is 4.56. The van der Waals surface area contributed by atoms with Gasteiger partial charge in [0.05, 0.1) is 12.7 Å². The van der Waals surface area contributed by atoms with Gasteiger partial charge < -0.3 is 9.47 Å². The molecule has 1 fully saturated rings. The van der Waals surface area contributed by atoms with Gasteiger partial charge in [-0.1, -0.05) is 53.2 Å². The van der Waals surface area contributed by atoms with Crippen molar-refractivity contribution in [3.63, 3.8) is 0 Å². The summed E-state index contributed by atoms with van der Waals surface area (Å²) in [6.45, 7) is 4.70. The van der Waals surface area contributed by atoms with Gasteiger partial charge in [0, 0.05) is 17.4 Å². The largest absolute Gasteiger partial charge is 0.475 e. The molecular formula is C19H22BrNO2. The first kappa shape index (κ1) is 16.5. The quantitative estimate of drug-likeness (QED) is 0.743. The molecule has 1 aliphatic rings. The van der Waals surface area contributed by atoms with Crippen LogP contribution in [0.3, 0.4) is 0 Å².